The van der Waals surface area contributed by atoms with Crippen molar-refractivity contribution in [3.05, 3.63) is 30.3 Å². The Morgan fingerprint density at radius 1 is 1.32 bits per heavy atom. The maximum atomic E-state index is 5.84. The van der Waals surface area contributed by atoms with Gasteiger partial charge >= 0.3 is 0 Å². The van der Waals surface area contributed by atoms with Crippen LogP contribution < -0.4 is 15.4 Å². The number of ether oxygens (including phenoxy) is 3. The first kappa shape index (κ1) is 19.5. The summed E-state index contributed by atoms with van der Waals surface area (Å²) in [5.41, 5.74) is 0. The van der Waals surface area contributed by atoms with Gasteiger partial charge in [0.05, 0.1) is 19.8 Å². The molecule has 1 fully saturated rings. The molecular formula is C19H31N3O3. The van der Waals surface area contributed by atoms with Gasteiger partial charge in [-0.3, -0.25) is 4.99 Å². The van der Waals surface area contributed by atoms with E-state index in [-0.39, 0.29) is 6.10 Å². The molecule has 0 aromatic heterocycles. The lowest BCUT2D eigenvalue weighted by molar-refractivity contribution is 0.0888. The average Bonchev–Trinajstić information content (AvgIpc) is 3.15. The molecule has 1 aliphatic rings. The molecule has 1 saturated heterocycles. The molecular weight excluding hydrogens is 318 g/mol. The van der Waals surface area contributed by atoms with E-state index in [1.807, 2.05) is 37.3 Å². The molecule has 0 amide bonds. The predicted molar refractivity (Wildman–Crippen MR) is 100 cm³/mol. The van der Waals surface area contributed by atoms with Gasteiger partial charge in [0.15, 0.2) is 5.96 Å². The Labute approximate surface area is 151 Å². The van der Waals surface area contributed by atoms with Gasteiger partial charge in [0.1, 0.15) is 11.9 Å². The van der Waals surface area contributed by atoms with Crippen LogP contribution in [0.5, 0.6) is 5.75 Å². The highest BCUT2D eigenvalue weighted by Crippen LogP contribution is 2.12. The molecule has 0 spiro atoms. The van der Waals surface area contributed by atoms with Crippen molar-refractivity contribution in [2.24, 2.45) is 10.9 Å². The van der Waals surface area contributed by atoms with Crippen LogP contribution in [0.15, 0.2) is 35.3 Å². The van der Waals surface area contributed by atoms with Crippen LogP contribution >= 0.6 is 0 Å². The van der Waals surface area contributed by atoms with Gasteiger partial charge in [-0.2, -0.15) is 0 Å². The molecule has 0 bridgehead atoms. The summed E-state index contributed by atoms with van der Waals surface area (Å²) in [6, 6.07) is 9.84. The van der Waals surface area contributed by atoms with E-state index in [1.165, 1.54) is 0 Å². The zero-order chi connectivity index (χ0) is 17.7. The Bertz CT molecular complexity index is 490. The van der Waals surface area contributed by atoms with Crippen LogP contribution in [-0.2, 0) is 9.47 Å². The van der Waals surface area contributed by atoms with E-state index in [1.54, 1.807) is 7.05 Å². The highest BCUT2D eigenvalue weighted by atomic mass is 16.5. The lowest BCUT2D eigenvalue weighted by atomic mass is 10.1. The van der Waals surface area contributed by atoms with Gasteiger partial charge in [0, 0.05) is 32.7 Å². The molecule has 2 unspecified atom stereocenters. The largest absolute Gasteiger partial charge is 0.489 e. The molecule has 1 heterocycles. The molecule has 0 aliphatic carbocycles. The number of aliphatic imine (C=N–C) groups is 1. The lowest BCUT2D eigenvalue weighted by Gasteiger charge is -2.17. The Kier molecular flexibility index (Phi) is 9.15. The first-order valence-electron chi connectivity index (χ1n) is 9.09. The van der Waals surface area contributed by atoms with Crippen molar-refractivity contribution < 1.29 is 14.2 Å². The van der Waals surface area contributed by atoms with Crippen LogP contribution in [0.2, 0.25) is 0 Å². The summed E-state index contributed by atoms with van der Waals surface area (Å²) in [5, 5.41) is 6.58. The van der Waals surface area contributed by atoms with Crippen molar-refractivity contribution in [3.63, 3.8) is 0 Å². The van der Waals surface area contributed by atoms with Gasteiger partial charge in [-0.15, -0.1) is 0 Å². The topological polar surface area (TPSA) is 64.1 Å². The normalized spacial score (nSPS) is 18.8. The molecule has 1 aromatic carbocycles. The van der Waals surface area contributed by atoms with Gasteiger partial charge in [-0.25, -0.2) is 0 Å². The summed E-state index contributed by atoms with van der Waals surface area (Å²) in [7, 11) is 1.77. The number of nitrogens with one attached hydrogen (secondary N) is 2. The first-order chi connectivity index (χ1) is 12.3. The Balaban J connectivity index is 1.51. The second kappa shape index (κ2) is 11.7. The summed E-state index contributed by atoms with van der Waals surface area (Å²) in [6.45, 7) is 6.84. The predicted octanol–water partition coefficient (Wildman–Crippen LogP) is 2.06. The molecule has 0 saturated carbocycles. The fourth-order valence-corrected chi connectivity index (χ4v) is 2.58. The summed E-state index contributed by atoms with van der Waals surface area (Å²) < 4.78 is 16.9. The average molecular weight is 349 g/mol. The molecule has 1 aromatic rings. The quantitative estimate of drug-likeness (QED) is 0.385. The third-order valence-corrected chi connectivity index (χ3v) is 4.00. The SMILES string of the molecule is CN=C(NCCCOCC1CCOC1)NCC(C)Oc1ccccc1. The zero-order valence-electron chi connectivity index (χ0n) is 15.4. The van der Waals surface area contributed by atoms with E-state index in [0.717, 1.165) is 57.5 Å². The number of hydrogen-bond acceptors (Lipinski definition) is 4. The number of rotatable bonds is 10. The summed E-state index contributed by atoms with van der Waals surface area (Å²) >= 11 is 0. The smallest absolute Gasteiger partial charge is 0.191 e. The number of guanidine groups is 1. The minimum atomic E-state index is 0.0536. The molecule has 140 valence electrons. The van der Waals surface area contributed by atoms with E-state index >= 15 is 0 Å². The molecule has 2 rings (SSSR count). The monoisotopic (exact) mass is 349 g/mol. The number of nitrogens with zero attached hydrogens (tertiary/aromatic N) is 1. The van der Waals surface area contributed by atoms with Gasteiger partial charge < -0.3 is 24.8 Å². The van der Waals surface area contributed by atoms with E-state index in [9.17, 15) is 0 Å². The van der Waals surface area contributed by atoms with Crippen molar-refractivity contribution >= 4 is 5.96 Å². The van der Waals surface area contributed by atoms with Crippen molar-refractivity contribution in [2.75, 3.05) is 46.6 Å². The maximum absolute atomic E-state index is 5.84. The molecule has 6 nitrogen and oxygen atoms in total. The maximum Gasteiger partial charge on any atom is 0.191 e. The van der Waals surface area contributed by atoms with Crippen LogP contribution in [0.3, 0.4) is 0 Å². The Morgan fingerprint density at radius 3 is 2.88 bits per heavy atom. The van der Waals surface area contributed by atoms with E-state index < -0.39 is 0 Å². The Morgan fingerprint density at radius 2 is 2.16 bits per heavy atom. The van der Waals surface area contributed by atoms with E-state index in [0.29, 0.717) is 12.5 Å². The number of para-hydroxylation sites is 1. The highest BCUT2D eigenvalue weighted by Gasteiger charge is 2.15. The summed E-state index contributed by atoms with van der Waals surface area (Å²) in [4.78, 5) is 4.23. The number of hydrogen-bond donors (Lipinski definition) is 2. The summed E-state index contributed by atoms with van der Waals surface area (Å²) in [5.74, 6) is 2.24. The second-order valence-corrected chi connectivity index (χ2v) is 6.28. The minimum Gasteiger partial charge on any atom is -0.489 e. The van der Waals surface area contributed by atoms with Crippen LogP contribution in [0.25, 0.3) is 0 Å². The van der Waals surface area contributed by atoms with E-state index in [2.05, 4.69) is 15.6 Å². The fraction of sp³-hybridized carbons (Fsp3) is 0.632. The second-order valence-electron chi connectivity index (χ2n) is 6.28. The van der Waals surface area contributed by atoms with Gasteiger partial charge in [0.2, 0.25) is 0 Å². The van der Waals surface area contributed by atoms with Crippen LogP contribution in [0.1, 0.15) is 19.8 Å². The zero-order valence-corrected chi connectivity index (χ0v) is 15.4. The molecule has 25 heavy (non-hydrogen) atoms. The number of benzene rings is 1. The van der Waals surface area contributed by atoms with Crippen LogP contribution in [-0.4, -0.2) is 58.6 Å². The minimum absolute atomic E-state index is 0.0536. The third kappa shape index (κ3) is 8.23. The van der Waals surface area contributed by atoms with Crippen molar-refractivity contribution in [3.8, 4) is 5.75 Å². The molecule has 6 heteroatoms. The highest BCUT2D eigenvalue weighted by molar-refractivity contribution is 5.79. The fourth-order valence-electron chi connectivity index (χ4n) is 2.58. The first-order valence-corrected chi connectivity index (χ1v) is 9.09. The van der Waals surface area contributed by atoms with Crippen LogP contribution in [0.4, 0.5) is 0 Å². The van der Waals surface area contributed by atoms with Crippen LogP contribution in [0, 0.1) is 5.92 Å². The molecule has 2 atom stereocenters. The lowest BCUT2D eigenvalue weighted by Crippen LogP contribution is -2.42. The molecule has 0 radical (unpaired) electrons. The Hall–Kier alpha value is -1.79. The summed E-state index contributed by atoms with van der Waals surface area (Å²) in [6.07, 6.45) is 2.13. The van der Waals surface area contributed by atoms with Gasteiger partial charge in [-0.05, 0) is 31.9 Å². The van der Waals surface area contributed by atoms with Crippen molar-refractivity contribution in [1.82, 2.24) is 10.6 Å². The van der Waals surface area contributed by atoms with Gasteiger partial charge in [-0.1, -0.05) is 18.2 Å². The van der Waals surface area contributed by atoms with Gasteiger partial charge in [0.25, 0.3) is 0 Å². The van der Waals surface area contributed by atoms with Crippen molar-refractivity contribution in [1.29, 1.82) is 0 Å². The van der Waals surface area contributed by atoms with Crippen molar-refractivity contribution in [2.45, 2.75) is 25.9 Å². The standard InChI is InChI=1S/C19H31N3O3/c1-16(25-18-7-4-3-5-8-18)13-22-19(20-2)21-10-6-11-23-14-17-9-12-24-15-17/h3-5,7-8,16-17H,6,9-15H2,1-2H3,(H2,20,21,22). The molecule has 1 aliphatic heterocycles. The molecule has 2 N–H and O–H groups in total. The van der Waals surface area contributed by atoms with E-state index in [4.69, 9.17) is 14.2 Å². The third-order valence-electron chi connectivity index (χ3n) is 4.00.